The maximum absolute atomic E-state index is 6.02. The van der Waals surface area contributed by atoms with Crippen LogP contribution in [-0.4, -0.2) is 36.0 Å². The van der Waals surface area contributed by atoms with E-state index in [0.29, 0.717) is 12.6 Å². The molecule has 1 saturated heterocycles. The van der Waals surface area contributed by atoms with Gasteiger partial charge >= 0.3 is 0 Å². The van der Waals surface area contributed by atoms with Crippen LogP contribution in [0.15, 0.2) is 24.3 Å². The van der Waals surface area contributed by atoms with E-state index in [1.165, 1.54) is 17.1 Å². The number of nitrogens with two attached hydrogens (primary N) is 1. The average molecular weight is 257 g/mol. The van der Waals surface area contributed by atoms with Gasteiger partial charge in [-0.3, -0.25) is 4.90 Å². The van der Waals surface area contributed by atoms with Crippen molar-refractivity contribution < 1.29 is 0 Å². The summed E-state index contributed by atoms with van der Waals surface area (Å²) in [5, 5.41) is 0.794. The van der Waals surface area contributed by atoms with Crippen LogP contribution in [0.4, 0.5) is 0 Å². The minimum atomic E-state index is 0.319. The number of hydrogen-bond acceptors (Lipinski definition) is 3. The smallest absolute Gasteiger partial charge is 0.0471 e. The van der Waals surface area contributed by atoms with Crippen LogP contribution >= 0.6 is 23.4 Å². The first-order chi connectivity index (χ1) is 7.81. The fraction of sp³-hybridized carbons (Fsp3) is 0.500. The van der Waals surface area contributed by atoms with Gasteiger partial charge in [-0.05, 0) is 17.7 Å². The van der Waals surface area contributed by atoms with Crippen molar-refractivity contribution in [3.05, 3.63) is 34.9 Å². The lowest BCUT2D eigenvalue weighted by molar-refractivity contribution is 0.223. The summed E-state index contributed by atoms with van der Waals surface area (Å²) >= 11 is 8.04. The third-order valence-electron chi connectivity index (χ3n) is 2.94. The van der Waals surface area contributed by atoms with E-state index in [-0.39, 0.29) is 0 Å². The van der Waals surface area contributed by atoms with Crippen molar-refractivity contribution in [2.24, 2.45) is 5.73 Å². The van der Waals surface area contributed by atoms with Gasteiger partial charge in [0.25, 0.3) is 0 Å². The van der Waals surface area contributed by atoms with Crippen LogP contribution in [0.3, 0.4) is 0 Å². The molecule has 0 aliphatic carbocycles. The van der Waals surface area contributed by atoms with Crippen molar-refractivity contribution in [1.29, 1.82) is 0 Å². The molecule has 1 heterocycles. The third-order valence-corrected chi connectivity index (χ3v) is 4.12. The SMILES string of the molecule is NC[C@H](c1cccc(Cl)c1)N1CCSCC1. The molecule has 2 N–H and O–H groups in total. The molecule has 0 amide bonds. The van der Waals surface area contributed by atoms with Crippen molar-refractivity contribution in [2.45, 2.75) is 6.04 Å². The van der Waals surface area contributed by atoms with E-state index >= 15 is 0 Å². The number of benzene rings is 1. The standard InChI is InChI=1S/C12H17ClN2S/c13-11-3-1-2-10(8-11)12(9-14)15-4-6-16-7-5-15/h1-3,8,12H,4-7,9,14H2/t12-/m1/s1. The van der Waals surface area contributed by atoms with Crippen molar-refractivity contribution >= 4 is 23.4 Å². The van der Waals surface area contributed by atoms with Crippen molar-refractivity contribution in [2.75, 3.05) is 31.1 Å². The molecule has 0 radical (unpaired) electrons. The van der Waals surface area contributed by atoms with E-state index in [1.807, 2.05) is 30.0 Å². The molecule has 0 saturated carbocycles. The van der Waals surface area contributed by atoms with Crippen LogP contribution in [-0.2, 0) is 0 Å². The van der Waals surface area contributed by atoms with Gasteiger partial charge in [0, 0.05) is 42.2 Å². The predicted octanol–water partition coefficient (Wildman–Crippen LogP) is 2.39. The van der Waals surface area contributed by atoms with E-state index in [0.717, 1.165) is 18.1 Å². The lowest BCUT2D eigenvalue weighted by Gasteiger charge is -2.34. The Balaban J connectivity index is 2.14. The molecule has 88 valence electrons. The van der Waals surface area contributed by atoms with E-state index < -0.39 is 0 Å². The minimum absolute atomic E-state index is 0.319. The summed E-state index contributed by atoms with van der Waals surface area (Å²) in [6.07, 6.45) is 0. The highest BCUT2D eigenvalue weighted by Gasteiger charge is 2.21. The maximum atomic E-state index is 6.02. The Hall–Kier alpha value is -0.220. The van der Waals surface area contributed by atoms with Gasteiger partial charge in [-0.2, -0.15) is 11.8 Å². The fourth-order valence-electron chi connectivity index (χ4n) is 2.10. The molecule has 1 aromatic rings. The largest absolute Gasteiger partial charge is 0.329 e. The molecule has 2 rings (SSSR count). The van der Waals surface area contributed by atoms with Gasteiger partial charge in [0.05, 0.1) is 0 Å². The molecular weight excluding hydrogens is 240 g/mol. The summed E-state index contributed by atoms with van der Waals surface area (Å²) in [6, 6.07) is 8.37. The first kappa shape index (κ1) is 12.2. The quantitative estimate of drug-likeness (QED) is 0.901. The second kappa shape index (κ2) is 5.92. The Morgan fingerprint density at radius 3 is 2.75 bits per heavy atom. The van der Waals surface area contributed by atoms with E-state index in [1.54, 1.807) is 0 Å². The first-order valence-electron chi connectivity index (χ1n) is 5.58. The van der Waals surface area contributed by atoms with Crippen LogP contribution in [0.25, 0.3) is 0 Å². The summed E-state index contributed by atoms with van der Waals surface area (Å²) < 4.78 is 0. The summed E-state index contributed by atoms with van der Waals surface area (Å²) in [5.41, 5.74) is 7.13. The number of nitrogens with zero attached hydrogens (tertiary/aromatic N) is 1. The van der Waals surface area contributed by atoms with Crippen LogP contribution in [0.5, 0.6) is 0 Å². The Labute approximate surface area is 106 Å². The number of hydrogen-bond donors (Lipinski definition) is 1. The van der Waals surface area contributed by atoms with Crippen LogP contribution < -0.4 is 5.73 Å². The van der Waals surface area contributed by atoms with Crippen molar-refractivity contribution in [1.82, 2.24) is 4.90 Å². The number of rotatable bonds is 3. The molecule has 1 fully saturated rings. The van der Waals surface area contributed by atoms with Crippen molar-refractivity contribution in [3.8, 4) is 0 Å². The molecule has 0 bridgehead atoms. The molecule has 4 heteroatoms. The molecule has 2 nitrogen and oxygen atoms in total. The Morgan fingerprint density at radius 1 is 1.38 bits per heavy atom. The van der Waals surface area contributed by atoms with Gasteiger partial charge in [0.15, 0.2) is 0 Å². The topological polar surface area (TPSA) is 29.3 Å². The number of halogens is 1. The second-order valence-corrected chi connectivity index (χ2v) is 5.62. The molecule has 0 spiro atoms. The van der Waals surface area contributed by atoms with Gasteiger partial charge < -0.3 is 5.73 Å². The Morgan fingerprint density at radius 2 is 2.12 bits per heavy atom. The van der Waals surface area contributed by atoms with E-state index in [2.05, 4.69) is 11.0 Å². The molecule has 1 aliphatic rings. The average Bonchev–Trinajstić information content (AvgIpc) is 2.31. The number of thioether (sulfide) groups is 1. The van der Waals surface area contributed by atoms with E-state index in [9.17, 15) is 0 Å². The molecule has 16 heavy (non-hydrogen) atoms. The van der Waals surface area contributed by atoms with Gasteiger partial charge in [-0.1, -0.05) is 23.7 Å². The van der Waals surface area contributed by atoms with Gasteiger partial charge in [-0.15, -0.1) is 0 Å². The zero-order chi connectivity index (χ0) is 11.4. The van der Waals surface area contributed by atoms with Gasteiger partial charge in [-0.25, -0.2) is 0 Å². The van der Waals surface area contributed by atoms with Gasteiger partial charge in [0.2, 0.25) is 0 Å². The molecule has 1 aliphatic heterocycles. The predicted molar refractivity (Wildman–Crippen MR) is 72.1 cm³/mol. The lowest BCUT2D eigenvalue weighted by atomic mass is 10.1. The van der Waals surface area contributed by atoms with Crippen LogP contribution in [0, 0.1) is 0 Å². The Bertz CT molecular complexity index is 340. The van der Waals surface area contributed by atoms with Crippen molar-refractivity contribution in [3.63, 3.8) is 0 Å². The van der Waals surface area contributed by atoms with Crippen LogP contribution in [0.2, 0.25) is 5.02 Å². The first-order valence-corrected chi connectivity index (χ1v) is 7.12. The second-order valence-electron chi connectivity index (χ2n) is 3.95. The maximum Gasteiger partial charge on any atom is 0.0471 e. The highest BCUT2D eigenvalue weighted by molar-refractivity contribution is 7.99. The van der Waals surface area contributed by atoms with Gasteiger partial charge in [0.1, 0.15) is 0 Å². The minimum Gasteiger partial charge on any atom is -0.329 e. The molecule has 1 aromatic carbocycles. The summed E-state index contributed by atoms with van der Waals surface area (Å²) in [6.45, 7) is 2.91. The fourth-order valence-corrected chi connectivity index (χ4v) is 3.23. The lowest BCUT2D eigenvalue weighted by Crippen LogP contribution is -2.39. The highest BCUT2D eigenvalue weighted by Crippen LogP contribution is 2.25. The third kappa shape index (κ3) is 2.92. The zero-order valence-electron chi connectivity index (χ0n) is 9.23. The Kier molecular flexibility index (Phi) is 4.53. The molecular formula is C12H17ClN2S. The summed E-state index contributed by atoms with van der Waals surface area (Å²) in [5.74, 6) is 2.41. The molecule has 0 aromatic heterocycles. The van der Waals surface area contributed by atoms with Crippen LogP contribution in [0.1, 0.15) is 11.6 Å². The normalized spacial score (nSPS) is 19.6. The summed E-state index contributed by atoms with van der Waals surface area (Å²) in [4.78, 5) is 2.46. The molecule has 0 unspecified atom stereocenters. The highest BCUT2D eigenvalue weighted by atomic mass is 35.5. The molecule has 1 atom stereocenters. The summed E-state index contributed by atoms with van der Waals surface area (Å²) in [7, 11) is 0. The van der Waals surface area contributed by atoms with E-state index in [4.69, 9.17) is 17.3 Å². The monoisotopic (exact) mass is 256 g/mol. The zero-order valence-corrected chi connectivity index (χ0v) is 10.8.